The first-order valence-electron chi connectivity index (χ1n) is 3.58. The van der Waals surface area contributed by atoms with Crippen LogP contribution in [0.15, 0.2) is 12.1 Å². The predicted molar refractivity (Wildman–Crippen MR) is 57.8 cm³/mol. The van der Waals surface area contributed by atoms with Gasteiger partial charge in [0.15, 0.2) is 6.29 Å². The second-order valence-corrected chi connectivity index (χ2v) is 3.76. The number of halogens is 1. The van der Waals surface area contributed by atoms with Crippen molar-refractivity contribution in [2.75, 3.05) is 0 Å². The summed E-state index contributed by atoms with van der Waals surface area (Å²) in [5.41, 5.74) is 5.38. The molecule has 1 aromatic rings. The molecule has 1 amide bonds. The lowest BCUT2D eigenvalue weighted by Crippen LogP contribution is -2.14. The highest BCUT2D eigenvalue weighted by atomic mass is 127. The summed E-state index contributed by atoms with van der Waals surface area (Å²) in [5.74, 6) is -0.705. The molecule has 0 radical (unpaired) electrons. The highest BCUT2D eigenvalue weighted by Gasteiger charge is 2.13. The zero-order chi connectivity index (χ0) is 10.7. The molecule has 0 saturated heterocycles. The monoisotopic (exact) mass is 300 g/mol. The number of benzene rings is 1. The fourth-order valence-corrected chi connectivity index (χ4v) is 1.69. The molecule has 0 heterocycles. The van der Waals surface area contributed by atoms with E-state index in [0.717, 1.165) is 0 Å². The third-order valence-electron chi connectivity index (χ3n) is 1.64. The van der Waals surface area contributed by atoms with Crippen molar-refractivity contribution in [1.29, 1.82) is 5.26 Å². The maximum Gasteiger partial charge on any atom is 0.250 e. The molecule has 5 heteroatoms. The Morgan fingerprint density at radius 3 is 2.64 bits per heavy atom. The van der Waals surface area contributed by atoms with Crippen molar-refractivity contribution in [1.82, 2.24) is 0 Å². The van der Waals surface area contributed by atoms with Crippen molar-refractivity contribution in [3.63, 3.8) is 0 Å². The first-order chi connectivity index (χ1) is 6.60. The molecule has 1 aromatic carbocycles. The number of primary amides is 1. The van der Waals surface area contributed by atoms with Crippen molar-refractivity contribution in [2.45, 2.75) is 0 Å². The molecule has 0 aliphatic carbocycles. The van der Waals surface area contributed by atoms with Gasteiger partial charge in [0.05, 0.1) is 11.1 Å². The van der Waals surface area contributed by atoms with Gasteiger partial charge >= 0.3 is 0 Å². The molecule has 0 aliphatic heterocycles. The number of amides is 1. The van der Waals surface area contributed by atoms with Gasteiger partial charge in [-0.05, 0) is 34.7 Å². The van der Waals surface area contributed by atoms with Crippen LogP contribution in [0, 0.1) is 14.9 Å². The van der Waals surface area contributed by atoms with E-state index >= 15 is 0 Å². The molecule has 70 valence electrons. The zero-order valence-corrected chi connectivity index (χ0v) is 9.11. The molecule has 0 unspecified atom stereocenters. The number of nitrogens with zero attached hydrogens (tertiary/aromatic N) is 1. The average Bonchev–Trinajstić information content (AvgIpc) is 2.16. The highest BCUT2D eigenvalue weighted by Crippen LogP contribution is 2.16. The van der Waals surface area contributed by atoms with E-state index in [9.17, 15) is 9.59 Å². The first-order valence-corrected chi connectivity index (χ1v) is 4.66. The van der Waals surface area contributed by atoms with Crippen LogP contribution in [-0.2, 0) is 0 Å². The second-order valence-electron chi connectivity index (χ2n) is 2.51. The number of rotatable bonds is 2. The van der Waals surface area contributed by atoms with Crippen LogP contribution in [0.25, 0.3) is 0 Å². The summed E-state index contributed by atoms with van der Waals surface area (Å²) in [7, 11) is 0. The van der Waals surface area contributed by atoms with Crippen LogP contribution in [-0.4, -0.2) is 12.2 Å². The summed E-state index contributed by atoms with van der Waals surface area (Å²) in [6.07, 6.45) is 0.535. The van der Waals surface area contributed by atoms with Crippen LogP contribution in [0.3, 0.4) is 0 Å². The molecular formula is C9H5IN2O2. The SMILES string of the molecule is N#Cc1c(C=O)cc(I)cc1C(N)=O. The molecule has 0 aliphatic rings. The molecule has 0 saturated carbocycles. The number of hydrogen-bond donors (Lipinski definition) is 1. The standard InChI is InChI=1S/C9H5IN2O2/c10-6-1-5(4-13)8(3-11)7(2-6)9(12)14/h1-2,4H,(H2,12,14). The van der Waals surface area contributed by atoms with Crippen LogP contribution >= 0.6 is 22.6 Å². The van der Waals surface area contributed by atoms with Gasteiger partial charge in [-0.3, -0.25) is 9.59 Å². The van der Waals surface area contributed by atoms with Gasteiger partial charge in [0, 0.05) is 9.13 Å². The first kappa shape index (κ1) is 10.7. The minimum absolute atomic E-state index is 0.0351. The van der Waals surface area contributed by atoms with Gasteiger partial charge < -0.3 is 5.73 Å². The topological polar surface area (TPSA) is 83.9 Å². The summed E-state index contributed by atoms with van der Waals surface area (Å²) < 4.78 is 0.692. The number of carbonyl (C=O) groups is 2. The minimum atomic E-state index is -0.705. The number of nitriles is 1. The number of nitrogens with two attached hydrogens (primary N) is 1. The van der Waals surface area contributed by atoms with E-state index in [0.29, 0.717) is 9.86 Å². The Morgan fingerprint density at radius 1 is 1.57 bits per heavy atom. The van der Waals surface area contributed by atoms with E-state index in [1.54, 1.807) is 6.07 Å². The van der Waals surface area contributed by atoms with E-state index in [2.05, 4.69) is 0 Å². The maximum atomic E-state index is 11.0. The summed E-state index contributed by atoms with van der Waals surface area (Å²) >= 11 is 1.94. The molecule has 2 N–H and O–H groups in total. The van der Waals surface area contributed by atoms with Gasteiger partial charge in [-0.2, -0.15) is 5.26 Å². The Bertz CT molecular complexity index is 449. The number of carbonyl (C=O) groups excluding carboxylic acids is 2. The van der Waals surface area contributed by atoms with Crippen molar-refractivity contribution < 1.29 is 9.59 Å². The molecule has 14 heavy (non-hydrogen) atoms. The fraction of sp³-hybridized carbons (Fsp3) is 0. The van der Waals surface area contributed by atoms with E-state index in [1.807, 2.05) is 22.6 Å². The molecule has 0 bridgehead atoms. The van der Waals surface area contributed by atoms with E-state index in [4.69, 9.17) is 11.0 Å². The second kappa shape index (κ2) is 4.19. The lowest BCUT2D eigenvalue weighted by molar-refractivity contribution is 0.1000. The minimum Gasteiger partial charge on any atom is -0.366 e. The third-order valence-corrected chi connectivity index (χ3v) is 2.26. The zero-order valence-electron chi connectivity index (χ0n) is 6.95. The van der Waals surface area contributed by atoms with Gasteiger partial charge in [0.2, 0.25) is 5.91 Å². The van der Waals surface area contributed by atoms with E-state index in [1.165, 1.54) is 12.1 Å². The molecule has 0 spiro atoms. The molecule has 4 nitrogen and oxygen atoms in total. The van der Waals surface area contributed by atoms with Gasteiger partial charge in [-0.1, -0.05) is 0 Å². The van der Waals surface area contributed by atoms with Gasteiger partial charge in [-0.15, -0.1) is 0 Å². The predicted octanol–water partition coefficient (Wildman–Crippen LogP) is 1.07. The van der Waals surface area contributed by atoms with Crippen molar-refractivity contribution in [2.24, 2.45) is 5.73 Å². The Balaban J connectivity index is 3.57. The normalized spacial score (nSPS) is 9.14. The Hall–Kier alpha value is -1.42. The largest absolute Gasteiger partial charge is 0.366 e. The molecule has 1 rings (SSSR count). The van der Waals surface area contributed by atoms with Crippen LogP contribution in [0.4, 0.5) is 0 Å². The summed E-state index contributed by atoms with van der Waals surface area (Å²) in [6, 6.07) is 4.80. The van der Waals surface area contributed by atoms with Crippen LogP contribution < -0.4 is 5.73 Å². The van der Waals surface area contributed by atoms with Crippen molar-refractivity contribution >= 4 is 34.8 Å². The maximum absolute atomic E-state index is 11.0. The Kier molecular flexibility index (Phi) is 3.19. The summed E-state index contributed by atoms with van der Waals surface area (Å²) in [6.45, 7) is 0. The van der Waals surface area contributed by atoms with Crippen LogP contribution in [0.1, 0.15) is 26.3 Å². The Morgan fingerprint density at radius 2 is 2.21 bits per heavy atom. The third kappa shape index (κ3) is 1.90. The fourth-order valence-electron chi connectivity index (χ4n) is 1.04. The number of aldehydes is 1. The Labute approximate surface area is 93.8 Å². The summed E-state index contributed by atoms with van der Waals surface area (Å²) in [4.78, 5) is 21.6. The lowest BCUT2D eigenvalue weighted by Gasteiger charge is -2.02. The van der Waals surface area contributed by atoms with E-state index < -0.39 is 5.91 Å². The van der Waals surface area contributed by atoms with Gasteiger partial charge in [0.1, 0.15) is 6.07 Å². The van der Waals surface area contributed by atoms with Gasteiger partial charge in [0.25, 0.3) is 0 Å². The average molecular weight is 300 g/mol. The molecule has 0 aromatic heterocycles. The van der Waals surface area contributed by atoms with E-state index in [-0.39, 0.29) is 16.7 Å². The van der Waals surface area contributed by atoms with Crippen LogP contribution in [0.5, 0.6) is 0 Å². The van der Waals surface area contributed by atoms with Crippen molar-refractivity contribution in [3.8, 4) is 6.07 Å². The quantitative estimate of drug-likeness (QED) is 0.655. The molecule has 0 fully saturated rings. The molecule has 0 atom stereocenters. The van der Waals surface area contributed by atoms with Gasteiger partial charge in [-0.25, -0.2) is 0 Å². The van der Waals surface area contributed by atoms with Crippen molar-refractivity contribution in [3.05, 3.63) is 32.4 Å². The summed E-state index contributed by atoms with van der Waals surface area (Å²) in [5, 5.41) is 8.75. The highest BCUT2D eigenvalue weighted by molar-refractivity contribution is 14.1. The molecular weight excluding hydrogens is 295 g/mol. The number of hydrogen-bond acceptors (Lipinski definition) is 3. The van der Waals surface area contributed by atoms with Crippen LogP contribution in [0.2, 0.25) is 0 Å². The smallest absolute Gasteiger partial charge is 0.250 e. The lowest BCUT2D eigenvalue weighted by atomic mass is 10.0.